The van der Waals surface area contributed by atoms with Gasteiger partial charge in [-0.05, 0) is 12.8 Å². The first-order chi connectivity index (χ1) is 10.5. The largest absolute Gasteiger partial charge is 0.492 e. The number of carbonyl (C=O) groups excluding carboxylic acids is 1. The van der Waals surface area contributed by atoms with E-state index in [4.69, 9.17) is 16.3 Å². The quantitative estimate of drug-likeness (QED) is 0.287. The fourth-order valence-electron chi connectivity index (χ4n) is 1.94. The molecule has 0 radical (unpaired) electrons. The molecule has 6 N–H and O–H groups in total. The Bertz CT molecular complexity index is 476. The third-order valence-electron chi connectivity index (χ3n) is 3.07. The van der Waals surface area contributed by atoms with E-state index in [0.717, 1.165) is 32.1 Å². The Hall–Kier alpha value is -2.38. The molecule has 22 heavy (non-hydrogen) atoms. The molecule has 0 bridgehead atoms. The molecule has 0 amide bonds. The number of hydrogen-bond acceptors (Lipinski definition) is 5. The molecule has 0 unspecified atom stereocenters. The Balaban J connectivity index is 2.03. The second-order valence-electron chi connectivity index (χ2n) is 4.99. The molecule has 0 aromatic carbocycles. The van der Waals surface area contributed by atoms with Crippen LogP contribution in [-0.2, 0) is 4.79 Å². The fourth-order valence-corrected chi connectivity index (χ4v) is 1.94. The van der Waals surface area contributed by atoms with Gasteiger partial charge in [-0.1, -0.05) is 25.7 Å². The van der Waals surface area contributed by atoms with Gasteiger partial charge < -0.3 is 26.5 Å². The number of nitrogens with two attached hydrogens (primary N) is 2. The number of carbonyl (C=O) groups is 1. The number of aliphatic imine (C=N–C) groups is 1. The number of aromatic hydroxyl groups is 2. The molecule has 0 spiro atoms. The number of unbranched alkanes of at least 4 members (excludes halogenated alkanes) is 5. The lowest BCUT2D eigenvalue weighted by atomic mass is 10.1. The van der Waals surface area contributed by atoms with Gasteiger partial charge in [0.2, 0.25) is 11.8 Å². The van der Waals surface area contributed by atoms with E-state index in [0.29, 0.717) is 17.7 Å². The van der Waals surface area contributed by atoms with E-state index >= 15 is 0 Å². The second kappa shape index (κ2) is 9.54. The Morgan fingerprint density at radius 2 is 1.59 bits per heavy atom. The third-order valence-corrected chi connectivity index (χ3v) is 3.07. The first-order valence-electron chi connectivity index (χ1n) is 7.37. The summed E-state index contributed by atoms with van der Waals surface area (Å²) in [6.45, 7) is 0.651. The zero-order valence-corrected chi connectivity index (χ0v) is 12.6. The van der Waals surface area contributed by atoms with E-state index in [1.54, 1.807) is 0 Å². The van der Waals surface area contributed by atoms with Crippen LogP contribution in [-0.4, -0.2) is 33.4 Å². The predicted octanol–water partition coefficient (Wildman–Crippen LogP) is 0.859. The van der Waals surface area contributed by atoms with Crippen molar-refractivity contribution in [3.05, 3.63) is 12.1 Å². The highest BCUT2D eigenvalue weighted by molar-refractivity contribution is 5.75. The Morgan fingerprint density at radius 3 is 2.18 bits per heavy atom. The van der Waals surface area contributed by atoms with Crippen molar-refractivity contribution in [2.45, 2.75) is 44.9 Å². The number of nitrogens with zero attached hydrogens (tertiary/aromatic N) is 2. The Labute approximate surface area is 129 Å². The van der Waals surface area contributed by atoms with Crippen molar-refractivity contribution in [3.8, 4) is 11.8 Å². The first kappa shape index (κ1) is 17.7. The lowest BCUT2D eigenvalue weighted by Crippen LogP contribution is -2.22. The monoisotopic (exact) mass is 312 g/mol. The maximum atomic E-state index is 11.5. The standard InChI is InChI=1S/C14H24N4O4/c15-14(16)17-10-6-4-2-1-3-5-7-13(21)22-18-11(19)8-9-12(18)20/h8-9,19-20H,1-7,10H2,(H4,15,16,17). The second-order valence-corrected chi connectivity index (χ2v) is 4.99. The molecule has 1 rings (SSSR count). The van der Waals surface area contributed by atoms with Gasteiger partial charge in [0.15, 0.2) is 5.96 Å². The maximum absolute atomic E-state index is 11.5. The van der Waals surface area contributed by atoms with Gasteiger partial charge in [0, 0.05) is 25.1 Å². The molecule has 0 fully saturated rings. The van der Waals surface area contributed by atoms with Crippen LogP contribution in [0.1, 0.15) is 44.9 Å². The zero-order chi connectivity index (χ0) is 16.4. The normalized spacial score (nSPS) is 10.4. The molecule has 1 aromatic heterocycles. The van der Waals surface area contributed by atoms with Crippen molar-refractivity contribution in [1.82, 2.24) is 4.73 Å². The van der Waals surface area contributed by atoms with Gasteiger partial charge >= 0.3 is 5.97 Å². The summed E-state index contributed by atoms with van der Waals surface area (Å²) in [4.78, 5) is 20.3. The van der Waals surface area contributed by atoms with Gasteiger partial charge in [-0.25, -0.2) is 4.79 Å². The number of aromatic nitrogens is 1. The minimum Gasteiger partial charge on any atom is -0.492 e. The summed E-state index contributed by atoms with van der Waals surface area (Å²) in [5.41, 5.74) is 10.4. The smallest absolute Gasteiger partial charge is 0.333 e. The van der Waals surface area contributed by atoms with Crippen LogP contribution in [0, 0.1) is 0 Å². The molecule has 0 saturated carbocycles. The summed E-state index contributed by atoms with van der Waals surface area (Å²) >= 11 is 0. The highest BCUT2D eigenvalue weighted by atomic mass is 16.7. The highest BCUT2D eigenvalue weighted by Gasteiger charge is 2.11. The minimum atomic E-state index is -0.491. The van der Waals surface area contributed by atoms with Crippen LogP contribution in [0.2, 0.25) is 0 Å². The van der Waals surface area contributed by atoms with Crippen LogP contribution in [0.4, 0.5) is 0 Å². The molecule has 1 aromatic rings. The number of rotatable bonds is 10. The van der Waals surface area contributed by atoms with E-state index in [1.165, 1.54) is 12.1 Å². The van der Waals surface area contributed by atoms with Gasteiger partial charge in [0.25, 0.3) is 0 Å². The topological polar surface area (TPSA) is 136 Å². The zero-order valence-electron chi connectivity index (χ0n) is 12.6. The third kappa shape index (κ3) is 6.87. The van der Waals surface area contributed by atoms with Gasteiger partial charge in [-0.3, -0.25) is 4.99 Å². The van der Waals surface area contributed by atoms with Gasteiger partial charge in [-0.15, -0.1) is 4.73 Å². The molecule has 8 heteroatoms. The van der Waals surface area contributed by atoms with Crippen LogP contribution < -0.4 is 16.3 Å². The predicted molar refractivity (Wildman–Crippen MR) is 82.3 cm³/mol. The summed E-state index contributed by atoms with van der Waals surface area (Å²) in [5, 5.41) is 18.7. The van der Waals surface area contributed by atoms with E-state index in [2.05, 4.69) is 4.99 Å². The van der Waals surface area contributed by atoms with Crippen molar-refractivity contribution in [2.75, 3.05) is 6.54 Å². The van der Waals surface area contributed by atoms with Gasteiger partial charge in [0.1, 0.15) is 0 Å². The van der Waals surface area contributed by atoms with Crippen molar-refractivity contribution in [3.63, 3.8) is 0 Å². The molecule has 0 aliphatic carbocycles. The lowest BCUT2D eigenvalue weighted by molar-refractivity contribution is -0.145. The van der Waals surface area contributed by atoms with Crippen molar-refractivity contribution in [2.24, 2.45) is 16.5 Å². The Kier molecular flexibility index (Phi) is 7.66. The molecule has 0 saturated heterocycles. The molecular formula is C14H24N4O4. The van der Waals surface area contributed by atoms with E-state index in [1.807, 2.05) is 0 Å². The number of guanidine groups is 1. The summed E-state index contributed by atoms with van der Waals surface area (Å²) in [6, 6.07) is 2.48. The fraction of sp³-hybridized carbons (Fsp3) is 0.571. The van der Waals surface area contributed by atoms with Crippen molar-refractivity contribution < 1.29 is 19.8 Å². The average Bonchev–Trinajstić information content (AvgIpc) is 2.77. The summed E-state index contributed by atoms with van der Waals surface area (Å²) < 4.78 is 0.700. The van der Waals surface area contributed by atoms with Crippen LogP contribution in [0.25, 0.3) is 0 Å². The molecule has 0 aliphatic rings. The molecule has 124 valence electrons. The van der Waals surface area contributed by atoms with Crippen LogP contribution in [0.3, 0.4) is 0 Å². The highest BCUT2D eigenvalue weighted by Crippen LogP contribution is 2.19. The summed E-state index contributed by atoms with van der Waals surface area (Å²) in [6.07, 6.45) is 5.95. The van der Waals surface area contributed by atoms with Gasteiger partial charge in [0.05, 0.1) is 0 Å². The molecular weight excluding hydrogens is 288 g/mol. The van der Waals surface area contributed by atoms with Crippen LogP contribution in [0.15, 0.2) is 17.1 Å². The number of hydrogen-bond donors (Lipinski definition) is 4. The molecule has 8 nitrogen and oxygen atoms in total. The van der Waals surface area contributed by atoms with Gasteiger partial charge in [-0.2, -0.15) is 0 Å². The minimum absolute atomic E-state index is 0.123. The van der Waals surface area contributed by atoms with Crippen LogP contribution in [0.5, 0.6) is 11.8 Å². The SMILES string of the molecule is NC(N)=NCCCCCCCCC(=O)On1c(O)ccc1O. The lowest BCUT2D eigenvalue weighted by Gasteiger charge is -2.06. The molecule has 0 atom stereocenters. The molecule has 0 aliphatic heterocycles. The van der Waals surface area contributed by atoms with E-state index in [9.17, 15) is 15.0 Å². The van der Waals surface area contributed by atoms with Crippen LogP contribution >= 0.6 is 0 Å². The summed E-state index contributed by atoms with van der Waals surface area (Å²) in [7, 11) is 0. The maximum Gasteiger partial charge on any atom is 0.333 e. The average molecular weight is 312 g/mol. The van der Waals surface area contributed by atoms with Crippen molar-refractivity contribution >= 4 is 11.9 Å². The van der Waals surface area contributed by atoms with E-state index < -0.39 is 5.97 Å². The first-order valence-corrected chi connectivity index (χ1v) is 7.37. The van der Waals surface area contributed by atoms with E-state index in [-0.39, 0.29) is 24.1 Å². The molecule has 1 heterocycles. The summed E-state index contributed by atoms with van der Waals surface area (Å²) in [5.74, 6) is -0.994. The van der Waals surface area contributed by atoms with Crippen molar-refractivity contribution in [1.29, 1.82) is 0 Å². The Morgan fingerprint density at radius 1 is 1.05 bits per heavy atom.